The predicted octanol–water partition coefficient (Wildman–Crippen LogP) is 3.42. The quantitative estimate of drug-likeness (QED) is 0.256. The number of anilines is 2. The molecule has 248 valence electrons. The molecule has 46 heavy (non-hydrogen) atoms. The first-order chi connectivity index (χ1) is 22.5. The number of nitrogens with one attached hydrogen (secondary N) is 3. The molecule has 0 saturated carbocycles. The van der Waals surface area contributed by atoms with Crippen LogP contribution in [0.2, 0.25) is 0 Å². The molecule has 12 nitrogen and oxygen atoms in total. The van der Waals surface area contributed by atoms with E-state index >= 15 is 0 Å². The molecule has 2 aliphatic rings. The van der Waals surface area contributed by atoms with Gasteiger partial charge in [0.15, 0.2) is 5.82 Å². The van der Waals surface area contributed by atoms with Gasteiger partial charge in [-0.1, -0.05) is 12.2 Å². The summed E-state index contributed by atoms with van der Waals surface area (Å²) in [7, 11) is 3.26. The lowest BCUT2D eigenvalue weighted by molar-refractivity contribution is 0.102. The van der Waals surface area contributed by atoms with Crippen molar-refractivity contribution in [3.63, 3.8) is 0 Å². The Morgan fingerprint density at radius 1 is 0.870 bits per heavy atom. The summed E-state index contributed by atoms with van der Waals surface area (Å²) in [6.45, 7) is 17.9. The molecule has 0 bridgehead atoms. The highest BCUT2D eigenvalue weighted by Crippen LogP contribution is 2.23. The molecule has 1 aromatic carbocycles. The lowest BCUT2D eigenvalue weighted by atomic mass is 10.1. The number of hydrogen-bond acceptors (Lipinski definition) is 10. The highest BCUT2D eigenvalue weighted by molar-refractivity contribution is 6.02. The summed E-state index contributed by atoms with van der Waals surface area (Å²) < 4.78 is 10.7. The minimum atomic E-state index is -0.349. The number of aromatic nitrogens is 4. The molecule has 3 aromatic rings. The second-order valence-corrected chi connectivity index (χ2v) is 11.3. The second-order valence-electron chi connectivity index (χ2n) is 11.3. The van der Waals surface area contributed by atoms with Gasteiger partial charge in [-0.15, -0.1) is 13.2 Å². The van der Waals surface area contributed by atoms with Crippen LogP contribution in [0.15, 0.2) is 62.0 Å². The van der Waals surface area contributed by atoms with Gasteiger partial charge in [0.1, 0.15) is 23.0 Å². The maximum absolute atomic E-state index is 12.7. The molecule has 2 aliphatic heterocycles. The lowest BCUT2D eigenvalue weighted by Crippen LogP contribution is -2.31. The molecule has 0 aliphatic carbocycles. The number of carbonyl (C=O) groups excluding carboxylic acids is 1. The van der Waals surface area contributed by atoms with Crippen molar-refractivity contribution in [3.05, 3.63) is 78.9 Å². The average molecular weight is 632 g/mol. The monoisotopic (exact) mass is 631 g/mol. The number of aromatic amines is 1. The van der Waals surface area contributed by atoms with E-state index in [9.17, 15) is 4.79 Å². The minimum absolute atomic E-state index is 0.245. The first-order valence-electron chi connectivity index (χ1n) is 16.0. The lowest BCUT2D eigenvalue weighted by Gasteiger charge is -2.21. The third-order valence-electron chi connectivity index (χ3n) is 7.96. The van der Waals surface area contributed by atoms with Gasteiger partial charge in [0.05, 0.1) is 26.6 Å². The molecule has 0 atom stereocenters. The van der Waals surface area contributed by atoms with Gasteiger partial charge in [-0.25, -0.2) is 9.97 Å². The molecule has 4 heterocycles. The smallest absolute Gasteiger partial charge is 0.277 e. The molecule has 0 radical (unpaired) electrons. The second kappa shape index (κ2) is 18.6. The highest BCUT2D eigenvalue weighted by Gasteiger charge is 2.17. The molecule has 0 spiro atoms. The Balaban J connectivity index is 0.000000409. The standard InChI is InChI=1S/C26H33N7O3.C8H16N2/c1-4-8-32-9-5-10-33(12-11-32)25-18-27-23(17-28-25)26(34)29-24-15-20(30-31-24)7-6-19-13-21(35-2)16-22(14-19)36-3;1-2-6-10-7-3-4-9-5-8-10/h4,13-18H,1,5-12H2,2-3H3,(H2,29,30,31,34);2,9H,1,3-8H2. The van der Waals surface area contributed by atoms with Crippen LogP contribution < -0.4 is 25.0 Å². The summed E-state index contributed by atoms with van der Waals surface area (Å²) in [5, 5.41) is 13.3. The number of nitrogens with zero attached hydrogens (tertiary/aromatic N) is 6. The fourth-order valence-corrected chi connectivity index (χ4v) is 5.46. The Labute approximate surface area is 272 Å². The molecular formula is C34H49N9O3. The van der Waals surface area contributed by atoms with Crippen LogP contribution in [0, 0.1) is 0 Å². The summed E-state index contributed by atoms with van der Waals surface area (Å²) in [4.78, 5) is 28.5. The number of ether oxygens (including phenoxy) is 2. The number of H-pyrrole nitrogens is 1. The average Bonchev–Trinajstić information content (AvgIpc) is 3.23. The Kier molecular flexibility index (Phi) is 14.0. The van der Waals surface area contributed by atoms with E-state index in [-0.39, 0.29) is 11.6 Å². The Morgan fingerprint density at radius 2 is 1.61 bits per heavy atom. The van der Waals surface area contributed by atoms with Crippen LogP contribution in [0.3, 0.4) is 0 Å². The van der Waals surface area contributed by atoms with E-state index in [4.69, 9.17) is 9.47 Å². The van der Waals surface area contributed by atoms with Crippen LogP contribution in [0.25, 0.3) is 0 Å². The maximum atomic E-state index is 12.7. The summed E-state index contributed by atoms with van der Waals surface area (Å²) in [6, 6.07) is 7.62. The number of aryl methyl sites for hydroxylation is 2. The predicted molar refractivity (Wildman–Crippen MR) is 183 cm³/mol. The van der Waals surface area contributed by atoms with Crippen LogP contribution in [0.4, 0.5) is 11.6 Å². The van der Waals surface area contributed by atoms with Crippen LogP contribution in [-0.2, 0) is 12.8 Å². The van der Waals surface area contributed by atoms with Crippen molar-refractivity contribution >= 4 is 17.5 Å². The highest BCUT2D eigenvalue weighted by atomic mass is 16.5. The van der Waals surface area contributed by atoms with Crippen LogP contribution in [0.1, 0.15) is 34.6 Å². The van der Waals surface area contributed by atoms with Crippen molar-refractivity contribution in [3.8, 4) is 11.5 Å². The van der Waals surface area contributed by atoms with Crippen molar-refractivity contribution in [2.75, 3.05) is 89.9 Å². The van der Waals surface area contributed by atoms with E-state index in [1.807, 2.05) is 36.4 Å². The zero-order chi connectivity index (χ0) is 32.6. The molecule has 2 aromatic heterocycles. The molecule has 5 rings (SSSR count). The number of rotatable bonds is 12. The van der Waals surface area contributed by atoms with Crippen molar-refractivity contribution in [2.45, 2.75) is 25.7 Å². The number of benzene rings is 1. The van der Waals surface area contributed by atoms with Gasteiger partial charge in [0.2, 0.25) is 0 Å². The summed E-state index contributed by atoms with van der Waals surface area (Å²) in [5.41, 5.74) is 2.23. The van der Waals surface area contributed by atoms with Gasteiger partial charge >= 0.3 is 0 Å². The summed E-state index contributed by atoms with van der Waals surface area (Å²) >= 11 is 0. The Hall–Kier alpha value is -4.26. The van der Waals surface area contributed by atoms with Crippen LogP contribution >= 0.6 is 0 Å². The molecule has 1 amide bonds. The molecule has 2 saturated heterocycles. The third kappa shape index (κ3) is 11.0. The van der Waals surface area contributed by atoms with Gasteiger partial charge in [0, 0.05) is 70.2 Å². The van der Waals surface area contributed by atoms with E-state index in [0.717, 1.165) is 87.2 Å². The fourth-order valence-electron chi connectivity index (χ4n) is 5.46. The summed E-state index contributed by atoms with van der Waals surface area (Å²) in [6.07, 6.45) is 10.9. The van der Waals surface area contributed by atoms with Gasteiger partial charge in [-0.3, -0.25) is 19.7 Å². The van der Waals surface area contributed by atoms with Crippen molar-refractivity contribution in [1.29, 1.82) is 0 Å². The van der Waals surface area contributed by atoms with E-state index < -0.39 is 0 Å². The first-order valence-corrected chi connectivity index (χ1v) is 16.0. The van der Waals surface area contributed by atoms with Crippen molar-refractivity contribution in [2.24, 2.45) is 0 Å². The van der Waals surface area contributed by atoms with E-state index in [0.29, 0.717) is 12.2 Å². The first kappa shape index (κ1) is 34.6. The number of amides is 1. The SMILES string of the molecule is C=CCN1CCCN(c2cnc(C(=O)Nc3cc(CCc4cc(OC)cc(OC)c4)[nH]n3)cn2)CC1.C=CCN1CCCNCC1. The zero-order valence-electron chi connectivity index (χ0n) is 27.3. The molecule has 2 fully saturated rings. The van der Waals surface area contributed by atoms with E-state index in [1.54, 1.807) is 20.4 Å². The topological polar surface area (TPSA) is 124 Å². The van der Waals surface area contributed by atoms with E-state index in [1.165, 1.54) is 32.3 Å². The van der Waals surface area contributed by atoms with E-state index in [2.05, 4.69) is 58.7 Å². The molecule has 3 N–H and O–H groups in total. The normalized spacial score (nSPS) is 15.9. The minimum Gasteiger partial charge on any atom is -0.497 e. The van der Waals surface area contributed by atoms with Crippen molar-refractivity contribution < 1.29 is 14.3 Å². The largest absolute Gasteiger partial charge is 0.497 e. The summed E-state index contributed by atoms with van der Waals surface area (Å²) in [5.74, 6) is 2.37. The van der Waals surface area contributed by atoms with Gasteiger partial charge < -0.3 is 25.0 Å². The van der Waals surface area contributed by atoms with Gasteiger partial charge in [0.25, 0.3) is 5.91 Å². The molecule has 12 heteroatoms. The third-order valence-corrected chi connectivity index (χ3v) is 7.96. The number of hydrogen-bond donors (Lipinski definition) is 3. The molecular weight excluding hydrogens is 582 g/mol. The van der Waals surface area contributed by atoms with Crippen LogP contribution in [0.5, 0.6) is 11.5 Å². The Morgan fingerprint density at radius 3 is 2.30 bits per heavy atom. The molecule has 0 unspecified atom stereocenters. The van der Waals surface area contributed by atoms with Crippen LogP contribution in [-0.4, -0.2) is 116 Å². The fraction of sp³-hybridized carbons (Fsp3) is 0.471. The van der Waals surface area contributed by atoms with Crippen molar-refractivity contribution in [1.82, 2.24) is 35.3 Å². The van der Waals surface area contributed by atoms with Gasteiger partial charge in [-0.05, 0) is 56.5 Å². The number of carbonyl (C=O) groups is 1. The Bertz CT molecular complexity index is 1350. The maximum Gasteiger partial charge on any atom is 0.277 e. The zero-order valence-corrected chi connectivity index (χ0v) is 27.3. The number of methoxy groups -OCH3 is 2. The van der Waals surface area contributed by atoms with Gasteiger partial charge in [-0.2, -0.15) is 5.10 Å².